The zero-order valence-corrected chi connectivity index (χ0v) is 13.0. The Hall–Kier alpha value is -2.47. The van der Waals surface area contributed by atoms with Crippen molar-refractivity contribution in [3.8, 4) is 0 Å². The predicted octanol–water partition coefficient (Wildman–Crippen LogP) is 3.85. The molecule has 24 heavy (non-hydrogen) atoms. The molecule has 1 aliphatic heterocycles. The zero-order valence-electron chi connectivity index (χ0n) is 13.0. The molecule has 6 heteroatoms. The Bertz CT molecular complexity index is 631. The summed E-state index contributed by atoms with van der Waals surface area (Å²) in [4.78, 5) is 10.2. The fourth-order valence-corrected chi connectivity index (χ4v) is 2.00. The molecule has 1 aliphatic rings. The second-order valence-corrected chi connectivity index (χ2v) is 5.32. The second kappa shape index (κ2) is 8.40. The van der Waals surface area contributed by atoms with E-state index in [2.05, 4.69) is 4.74 Å². The van der Waals surface area contributed by atoms with E-state index in [1.807, 2.05) is 30.3 Å². The average molecular weight is 335 g/mol. The van der Waals surface area contributed by atoms with E-state index >= 15 is 0 Å². The number of carbonyl (C=O) groups is 1. The smallest absolute Gasteiger partial charge is 0.404 e. The van der Waals surface area contributed by atoms with Crippen LogP contribution in [0.2, 0.25) is 0 Å². The lowest BCUT2D eigenvalue weighted by Crippen LogP contribution is -2.15. The predicted molar refractivity (Wildman–Crippen MR) is 85.5 cm³/mol. The van der Waals surface area contributed by atoms with E-state index in [0.717, 1.165) is 5.56 Å². The van der Waals surface area contributed by atoms with Crippen LogP contribution in [0.25, 0.3) is 0 Å². The zero-order chi connectivity index (χ0) is 17.4. The molecule has 1 saturated heterocycles. The summed E-state index contributed by atoms with van der Waals surface area (Å²) >= 11 is 0. The number of primary amides is 1. The van der Waals surface area contributed by atoms with Crippen molar-refractivity contribution in [3.05, 3.63) is 71.8 Å². The van der Waals surface area contributed by atoms with Crippen molar-refractivity contribution in [3.63, 3.8) is 0 Å². The summed E-state index contributed by atoms with van der Waals surface area (Å²) in [7, 11) is 0. The highest BCUT2D eigenvalue weighted by atomic mass is 19.3. The van der Waals surface area contributed by atoms with Gasteiger partial charge in [-0.2, -0.15) is 0 Å². The lowest BCUT2D eigenvalue weighted by Gasteiger charge is -2.14. The highest BCUT2D eigenvalue weighted by Crippen LogP contribution is 2.36. The van der Waals surface area contributed by atoms with Crippen molar-refractivity contribution in [1.29, 1.82) is 0 Å². The fraction of sp³-hybridized carbons (Fsp3) is 0.278. The largest absolute Gasteiger partial charge is 0.445 e. The monoisotopic (exact) mass is 335 g/mol. The summed E-state index contributed by atoms with van der Waals surface area (Å²) in [6.45, 7) is 0.721. The first-order valence-corrected chi connectivity index (χ1v) is 7.48. The van der Waals surface area contributed by atoms with E-state index in [-0.39, 0.29) is 24.7 Å². The lowest BCUT2D eigenvalue weighted by atomic mass is 10.0. The maximum Gasteiger partial charge on any atom is 0.404 e. The van der Waals surface area contributed by atoms with Crippen LogP contribution in [-0.2, 0) is 22.0 Å². The van der Waals surface area contributed by atoms with Gasteiger partial charge in [0.05, 0.1) is 12.7 Å². The molecular formula is C18H19F2NO3. The third kappa shape index (κ3) is 6.34. The fourth-order valence-electron chi connectivity index (χ4n) is 2.00. The number of alkyl halides is 2. The van der Waals surface area contributed by atoms with Gasteiger partial charge in [0.25, 0.3) is 5.92 Å². The molecule has 0 bridgehead atoms. The van der Waals surface area contributed by atoms with Crippen molar-refractivity contribution in [2.75, 3.05) is 6.61 Å². The van der Waals surface area contributed by atoms with Crippen LogP contribution in [0.5, 0.6) is 0 Å². The van der Waals surface area contributed by atoms with Crippen LogP contribution >= 0.6 is 0 Å². The van der Waals surface area contributed by atoms with Gasteiger partial charge in [-0.1, -0.05) is 60.7 Å². The van der Waals surface area contributed by atoms with Gasteiger partial charge in [-0.15, -0.1) is 0 Å². The molecule has 1 amide bonds. The third-order valence-corrected chi connectivity index (χ3v) is 3.31. The van der Waals surface area contributed by atoms with Crippen LogP contribution in [-0.4, -0.2) is 18.8 Å². The normalized spacial score (nSPS) is 15.8. The van der Waals surface area contributed by atoms with Crippen LogP contribution in [0, 0.1) is 0 Å². The quantitative estimate of drug-likeness (QED) is 0.844. The first kappa shape index (κ1) is 17.9. The number of epoxide rings is 1. The number of benzene rings is 2. The summed E-state index contributed by atoms with van der Waals surface area (Å²) in [6, 6.07) is 17.2. The van der Waals surface area contributed by atoms with Gasteiger partial charge >= 0.3 is 6.09 Å². The molecule has 1 fully saturated rings. The number of nitrogens with two attached hydrogens (primary N) is 1. The number of carbonyl (C=O) groups excluding carboxylic acids is 1. The van der Waals surface area contributed by atoms with Crippen LogP contribution in [0.3, 0.4) is 0 Å². The summed E-state index contributed by atoms with van der Waals surface area (Å²) in [5.74, 6) is -2.75. The molecule has 0 radical (unpaired) electrons. The second-order valence-electron chi connectivity index (χ2n) is 5.32. The Balaban J connectivity index is 0.000000177. The van der Waals surface area contributed by atoms with Gasteiger partial charge < -0.3 is 15.2 Å². The first-order valence-electron chi connectivity index (χ1n) is 7.48. The highest BCUT2D eigenvalue weighted by molar-refractivity contribution is 5.64. The van der Waals surface area contributed by atoms with Crippen LogP contribution in [0.1, 0.15) is 17.5 Å². The molecule has 0 aliphatic carbocycles. The number of hydrogen-bond donors (Lipinski definition) is 1. The molecule has 2 N–H and O–H groups in total. The number of amides is 1. The first-order chi connectivity index (χ1) is 11.5. The maximum absolute atomic E-state index is 13.4. The molecule has 1 unspecified atom stereocenters. The molecule has 2 aromatic carbocycles. The van der Waals surface area contributed by atoms with Crippen LogP contribution < -0.4 is 5.73 Å². The Morgan fingerprint density at radius 2 is 1.67 bits per heavy atom. The Morgan fingerprint density at radius 1 is 1.12 bits per heavy atom. The molecule has 0 aromatic heterocycles. The number of rotatable bonds is 5. The van der Waals surface area contributed by atoms with Gasteiger partial charge in [0, 0.05) is 12.0 Å². The van der Waals surface area contributed by atoms with E-state index < -0.39 is 12.0 Å². The van der Waals surface area contributed by atoms with Gasteiger partial charge in [-0.25, -0.2) is 13.6 Å². The van der Waals surface area contributed by atoms with Crippen molar-refractivity contribution >= 4 is 6.09 Å². The van der Waals surface area contributed by atoms with Gasteiger partial charge in [0.1, 0.15) is 6.61 Å². The molecule has 1 atom stereocenters. The minimum atomic E-state index is -2.75. The molecular weight excluding hydrogens is 316 g/mol. The summed E-state index contributed by atoms with van der Waals surface area (Å²) in [6.07, 6.45) is -1.18. The summed E-state index contributed by atoms with van der Waals surface area (Å²) in [5, 5.41) is 0. The molecule has 0 spiro atoms. The van der Waals surface area contributed by atoms with E-state index in [0.29, 0.717) is 6.61 Å². The van der Waals surface area contributed by atoms with Crippen molar-refractivity contribution < 1.29 is 23.0 Å². The standard InChI is InChI=1S/C10H10F2O.C8H9NO2/c11-10(12,6-9-7-13-9)8-4-2-1-3-5-8;9-8(10)11-6-7-4-2-1-3-5-7/h1-5,9H,6-7H2;1-5H,6H2,(H2,9,10). The Labute approximate surface area is 139 Å². The van der Waals surface area contributed by atoms with Crippen LogP contribution in [0.15, 0.2) is 60.7 Å². The van der Waals surface area contributed by atoms with Gasteiger partial charge in [0.2, 0.25) is 0 Å². The SMILES string of the molecule is FC(F)(CC1CO1)c1ccccc1.NC(=O)OCc1ccccc1. The average Bonchev–Trinajstić information content (AvgIpc) is 3.39. The summed E-state index contributed by atoms with van der Waals surface area (Å²) < 4.78 is 36.1. The molecule has 128 valence electrons. The van der Waals surface area contributed by atoms with E-state index in [4.69, 9.17) is 10.5 Å². The number of halogens is 2. The lowest BCUT2D eigenvalue weighted by molar-refractivity contribution is -0.0198. The molecule has 0 saturated carbocycles. The minimum Gasteiger partial charge on any atom is -0.445 e. The molecule has 3 rings (SSSR count). The number of ether oxygens (including phenoxy) is 2. The van der Waals surface area contributed by atoms with E-state index in [1.165, 1.54) is 12.1 Å². The highest BCUT2D eigenvalue weighted by Gasteiger charge is 2.39. The van der Waals surface area contributed by atoms with Gasteiger partial charge in [-0.3, -0.25) is 0 Å². The van der Waals surface area contributed by atoms with E-state index in [1.54, 1.807) is 18.2 Å². The minimum absolute atomic E-state index is 0.0745. The molecule has 4 nitrogen and oxygen atoms in total. The van der Waals surface area contributed by atoms with Crippen molar-refractivity contribution in [1.82, 2.24) is 0 Å². The summed E-state index contributed by atoms with van der Waals surface area (Å²) in [5.41, 5.74) is 5.79. The topological polar surface area (TPSA) is 64.8 Å². The van der Waals surface area contributed by atoms with Crippen molar-refractivity contribution in [2.45, 2.75) is 25.1 Å². The van der Waals surface area contributed by atoms with E-state index in [9.17, 15) is 13.6 Å². The molecule has 1 heterocycles. The van der Waals surface area contributed by atoms with Crippen molar-refractivity contribution in [2.24, 2.45) is 5.73 Å². The molecule has 2 aromatic rings. The Kier molecular flexibility index (Phi) is 6.26. The van der Waals surface area contributed by atoms with Gasteiger partial charge in [-0.05, 0) is 5.56 Å². The Morgan fingerprint density at radius 3 is 2.17 bits per heavy atom. The van der Waals surface area contributed by atoms with Gasteiger partial charge in [0.15, 0.2) is 0 Å². The third-order valence-electron chi connectivity index (χ3n) is 3.31. The maximum atomic E-state index is 13.4. The number of hydrogen-bond acceptors (Lipinski definition) is 3. The van der Waals surface area contributed by atoms with Crippen LogP contribution in [0.4, 0.5) is 13.6 Å².